The van der Waals surface area contributed by atoms with E-state index in [1.54, 1.807) is 0 Å². The van der Waals surface area contributed by atoms with E-state index in [1.165, 1.54) is 21.4 Å². The van der Waals surface area contributed by atoms with E-state index < -0.39 is 57.5 Å². The van der Waals surface area contributed by atoms with Crippen LogP contribution in [0.15, 0.2) is 23.1 Å². The lowest BCUT2D eigenvalue weighted by atomic mass is 10.0. The lowest BCUT2D eigenvalue weighted by molar-refractivity contribution is -0.116. The molecular formula is C30H29ClF3N7O4. The number of nitrogens with one attached hydrogen (secondary N) is 1. The van der Waals surface area contributed by atoms with E-state index in [0.717, 1.165) is 19.2 Å². The van der Waals surface area contributed by atoms with Gasteiger partial charge in [0.1, 0.15) is 28.9 Å². The number of aromatic nitrogens is 4. The molecule has 6 rings (SSSR count). The number of nitrogens with zero attached hydrogens (tertiary/aromatic N) is 6. The van der Waals surface area contributed by atoms with Crippen LogP contribution in [0.1, 0.15) is 36.5 Å². The Bertz CT molecular complexity index is 1930. The van der Waals surface area contributed by atoms with E-state index in [0.29, 0.717) is 31.0 Å². The molecule has 2 N–H and O–H groups in total. The van der Waals surface area contributed by atoms with E-state index in [2.05, 4.69) is 20.2 Å². The quantitative estimate of drug-likeness (QED) is 0.239. The van der Waals surface area contributed by atoms with Crippen LogP contribution in [0.5, 0.6) is 5.75 Å². The first-order chi connectivity index (χ1) is 21.4. The van der Waals surface area contributed by atoms with E-state index in [-0.39, 0.29) is 40.7 Å². The Balaban J connectivity index is 1.40. The Labute approximate surface area is 259 Å². The number of pyridine rings is 1. The highest BCUT2D eigenvalue weighted by Gasteiger charge is 2.31. The van der Waals surface area contributed by atoms with Crippen molar-refractivity contribution < 1.29 is 27.9 Å². The van der Waals surface area contributed by atoms with E-state index in [1.807, 2.05) is 25.8 Å². The summed E-state index contributed by atoms with van der Waals surface area (Å²) >= 11 is 6.22. The molecule has 0 aliphatic carbocycles. The average Bonchev–Trinajstić information content (AvgIpc) is 3.59. The number of aryl methyl sites for hydroxylation is 1. The van der Waals surface area contributed by atoms with Gasteiger partial charge < -0.3 is 24.8 Å². The fourth-order valence-electron chi connectivity index (χ4n) is 6.47. The van der Waals surface area contributed by atoms with Crippen LogP contribution >= 0.6 is 11.6 Å². The number of aldehydes is 1. The molecule has 0 saturated carbocycles. The normalized spacial score (nSPS) is 18.4. The van der Waals surface area contributed by atoms with Crippen molar-refractivity contribution >= 4 is 46.3 Å². The van der Waals surface area contributed by atoms with Crippen LogP contribution < -0.4 is 15.8 Å². The summed E-state index contributed by atoms with van der Waals surface area (Å²) in [5, 5.41) is 12.0. The van der Waals surface area contributed by atoms with Crippen molar-refractivity contribution in [1.29, 1.82) is 0 Å². The largest absolute Gasteiger partial charge is 0.504 e. The predicted octanol–water partition coefficient (Wildman–Crippen LogP) is 3.96. The minimum Gasteiger partial charge on any atom is -0.504 e. The van der Waals surface area contributed by atoms with Crippen molar-refractivity contribution in [2.45, 2.75) is 51.9 Å². The van der Waals surface area contributed by atoms with Gasteiger partial charge in [0.15, 0.2) is 17.9 Å². The van der Waals surface area contributed by atoms with E-state index >= 15 is 4.39 Å². The first kappa shape index (κ1) is 30.6. The number of phenolic OH excluding ortho intramolecular Hbond substituents is 1. The lowest BCUT2D eigenvalue weighted by Crippen LogP contribution is -2.56. The zero-order valence-corrected chi connectivity index (χ0v) is 25.3. The minimum atomic E-state index is -1.66. The monoisotopic (exact) mass is 643 g/mol. The minimum absolute atomic E-state index is 0.00291. The number of fused-ring (bicyclic) bond motifs is 2. The molecule has 4 aromatic rings. The fourth-order valence-corrected chi connectivity index (χ4v) is 6.61. The van der Waals surface area contributed by atoms with Gasteiger partial charge >= 0.3 is 0 Å². The molecular weight excluding hydrogens is 615 g/mol. The topological polar surface area (TPSA) is 126 Å². The highest BCUT2D eigenvalue weighted by molar-refractivity contribution is 6.33. The van der Waals surface area contributed by atoms with Crippen LogP contribution in [-0.2, 0) is 24.3 Å². The van der Waals surface area contributed by atoms with Crippen LogP contribution in [0.4, 0.5) is 24.7 Å². The average molecular weight is 644 g/mol. The number of hydrogen-bond donors (Lipinski definition) is 2. The summed E-state index contributed by atoms with van der Waals surface area (Å²) in [4.78, 5) is 51.2. The summed E-state index contributed by atoms with van der Waals surface area (Å²) in [6, 6.07) is 2.42. The highest BCUT2D eigenvalue weighted by atomic mass is 35.5. The molecule has 15 heteroatoms. The number of carbonyl (C=O) groups excluding carboxylic acids is 2. The third kappa shape index (κ3) is 5.21. The third-order valence-corrected chi connectivity index (χ3v) is 8.68. The van der Waals surface area contributed by atoms with Gasteiger partial charge in [-0.05, 0) is 33.4 Å². The lowest BCUT2D eigenvalue weighted by Gasteiger charge is -2.44. The summed E-state index contributed by atoms with van der Waals surface area (Å²) in [6.07, 6.45) is 2.55. The Morgan fingerprint density at radius 3 is 2.53 bits per heavy atom. The molecule has 5 heterocycles. The number of amides is 1. The molecule has 3 aromatic heterocycles. The first-order valence-electron chi connectivity index (χ1n) is 14.3. The molecule has 1 fully saturated rings. The Morgan fingerprint density at radius 1 is 1.13 bits per heavy atom. The number of aromatic hydroxyl groups is 1. The number of halogens is 4. The third-order valence-electron chi connectivity index (χ3n) is 8.32. The van der Waals surface area contributed by atoms with Crippen LogP contribution in [0.25, 0.3) is 22.2 Å². The summed E-state index contributed by atoms with van der Waals surface area (Å²) in [5.41, 5.74) is -1.62. The molecule has 0 radical (unpaired) electrons. The number of rotatable bonds is 6. The van der Waals surface area contributed by atoms with Crippen molar-refractivity contribution in [3.8, 4) is 16.9 Å². The Morgan fingerprint density at radius 2 is 1.84 bits per heavy atom. The van der Waals surface area contributed by atoms with Crippen molar-refractivity contribution in [2.75, 3.05) is 30.4 Å². The molecule has 236 valence electrons. The van der Waals surface area contributed by atoms with Crippen LogP contribution in [-0.4, -0.2) is 73.5 Å². The second-order valence-corrected chi connectivity index (χ2v) is 12.0. The zero-order valence-electron chi connectivity index (χ0n) is 24.6. The molecule has 2 atom stereocenters. The standard InChI is InChI=1S/C30H29ClF3N7O4/c1-14-9-38(3)10-15(2)41(14)21-8-19(24(31)28(34)36-21)35-22(43)12-39-11-18(17-7-16(13-42)27(44)26(33)25(17)32)23-29(39)37-20-5-4-6-40(20)30(23)45/h7-8,11,13-15,44H,4-6,9-10,12H2,1-3H3,(H,35,36,43)/t14-,15+. The number of piperazine rings is 1. The number of carbonyl (C=O) groups is 2. The van der Waals surface area contributed by atoms with Gasteiger partial charge in [-0.15, -0.1) is 0 Å². The number of benzene rings is 1. The molecule has 1 amide bonds. The van der Waals surface area contributed by atoms with Gasteiger partial charge in [0.05, 0.1) is 16.6 Å². The maximum absolute atomic E-state index is 15.2. The molecule has 0 unspecified atom stereocenters. The summed E-state index contributed by atoms with van der Waals surface area (Å²) in [7, 11) is 1.99. The van der Waals surface area contributed by atoms with Gasteiger partial charge in [0, 0.05) is 61.5 Å². The van der Waals surface area contributed by atoms with Gasteiger partial charge in [-0.1, -0.05) is 11.6 Å². The highest BCUT2D eigenvalue weighted by Crippen LogP contribution is 2.36. The molecule has 0 bridgehead atoms. The second kappa shape index (κ2) is 11.5. The molecule has 11 nitrogen and oxygen atoms in total. The zero-order chi connectivity index (χ0) is 32.3. The molecule has 2 aliphatic heterocycles. The first-order valence-corrected chi connectivity index (χ1v) is 14.7. The molecule has 45 heavy (non-hydrogen) atoms. The van der Waals surface area contributed by atoms with Gasteiger partial charge in [0.25, 0.3) is 5.56 Å². The van der Waals surface area contributed by atoms with E-state index in [4.69, 9.17) is 11.6 Å². The summed E-state index contributed by atoms with van der Waals surface area (Å²) < 4.78 is 47.4. The molecule has 0 spiro atoms. The smallest absolute Gasteiger partial charge is 0.263 e. The number of likely N-dealkylation sites (N-methyl/N-ethyl adjacent to an activating group) is 1. The van der Waals surface area contributed by atoms with Crippen molar-refractivity contribution in [1.82, 2.24) is 24.0 Å². The van der Waals surface area contributed by atoms with Gasteiger partial charge in [-0.2, -0.15) is 8.78 Å². The maximum Gasteiger partial charge on any atom is 0.263 e. The molecule has 1 aromatic carbocycles. The van der Waals surface area contributed by atoms with Crippen molar-refractivity contribution in [3.63, 3.8) is 0 Å². The SMILES string of the molecule is C[C@@H]1CN(C)C[C@H](C)N1c1cc(NC(=O)Cn2cc(-c3cc(C=O)c(O)c(F)c3F)c3c(=O)n4c(nc32)CCC4)c(Cl)c(F)n1. The van der Waals surface area contributed by atoms with Gasteiger partial charge in [-0.25, -0.2) is 14.4 Å². The van der Waals surface area contributed by atoms with Crippen molar-refractivity contribution in [2.24, 2.45) is 0 Å². The fraction of sp³-hybridized carbons (Fsp3) is 0.367. The van der Waals surface area contributed by atoms with Gasteiger partial charge in [-0.3, -0.25) is 19.0 Å². The Kier molecular flexibility index (Phi) is 7.81. The van der Waals surface area contributed by atoms with Crippen molar-refractivity contribution in [3.05, 3.63) is 62.7 Å². The second-order valence-electron chi connectivity index (χ2n) is 11.6. The number of phenols is 1. The maximum atomic E-state index is 15.2. The Hall–Kier alpha value is -4.43. The molecule has 1 saturated heterocycles. The van der Waals surface area contributed by atoms with Crippen LogP contribution in [0, 0.1) is 17.6 Å². The van der Waals surface area contributed by atoms with E-state index in [9.17, 15) is 28.3 Å². The molecule has 2 aliphatic rings. The summed E-state index contributed by atoms with van der Waals surface area (Å²) in [5.74, 6) is -5.17. The van der Waals surface area contributed by atoms with Crippen LogP contribution in [0.3, 0.4) is 0 Å². The number of anilines is 2. The van der Waals surface area contributed by atoms with Crippen LogP contribution in [0.2, 0.25) is 5.02 Å². The predicted molar refractivity (Wildman–Crippen MR) is 161 cm³/mol. The summed E-state index contributed by atoms with van der Waals surface area (Å²) in [6.45, 7) is 5.31. The van der Waals surface area contributed by atoms with Gasteiger partial charge in [0.2, 0.25) is 17.7 Å². The number of hydrogen-bond acceptors (Lipinski definition) is 8.